The molecule has 8 nitrogen and oxygen atoms in total. The predicted molar refractivity (Wildman–Crippen MR) is 97.2 cm³/mol. The van der Waals surface area contributed by atoms with Gasteiger partial charge in [-0.05, 0) is 31.9 Å². The van der Waals surface area contributed by atoms with E-state index in [9.17, 15) is 14.4 Å². The molecule has 27 heavy (non-hydrogen) atoms. The van der Waals surface area contributed by atoms with Gasteiger partial charge in [-0.1, -0.05) is 12.1 Å². The van der Waals surface area contributed by atoms with E-state index < -0.39 is 5.91 Å². The average Bonchev–Trinajstić information content (AvgIpc) is 3.23. The summed E-state index contributed by atoms with van der Waals surface area (Å²) < 4.78 is 10.6. The minimum Gasteiger partial charge on any atom is -0.483 e. The van der Waals surface area contributed by atoms with Gasteiger partial charge in [-0.15, -0.1) is 0 Å². The lowest BCUT2D eigenvalue weighted by Gasteiger charge is -2.25. The van der Waals surface area contributed by atoms with Crippen LogP contribution >= 0.6 is 0 Å². The third-order valence-electron chi connectivity index (χ3n) is 5.15. The molecular weight excluding hydrogens is 350 g/mol. The van der Waals surface area contributed by atoms with E-state index in [0.29, 0.717) is 18.9 Å². The van der Waals surface area contributed by atoms with E-state index in [1.807, 2.05) is 4.90 Å². The number of primary amides is 1. The molecule has 2 N–H and O–H groups in total. The highest BCUT2D eigenvalue weighted by atomic mass is 16.5. The van der Waals surface area contributed by atoms with Crippen LogP contribution < -0.4 is 10.5 Å². The van der Waals surface area contributed by atoms with Crippen LogP contribution in [0.25, 0.3) is 0 Å². The Kier molecular flexibility index (Phi) is 5.95. The average molecular weight is 375 g/mol. The number of ether oxygens (including phenoxy) is 2. The van der Waals surface area contributed by atoms with Gasteiger partial charge < -0.3 is 20.1 Å². The van der Waals surface area contributed by atoms with Crippen molar-refractivity contribution in [3.8, 4) is 5.75 Å². The largest absolute Gasteiger partial charge is 0.483 e. The number of hydrogen-bond acceptors (Lipinski definition) is 6. The molecular formula is C19H25N3O5. The molecule has 2 aliphatic heterocycles. The second kappa shape index (κ2) is 8.39. The van der Waals surface area contributed by atoms with Crippen molar-refractivity contribution in [1.29, 1.82) is 0 Å². The van der Waals surface area contributed by atoms with E-state index in [0.717, 1.165) is 19.4 Å². The Bertz CT molecular complexity index is 723. The fourth-order valence-electron chi connectivity index (χ4n) is 3.97. The number of para-hydroxylation sites is 1. The number of likely N-dealkylation sites (tertiary alicyclic amines) is 2. The van der Waals surface area contributed by atoms with Crippen LogP contribution in [-0.2, 0) is 14.3 Å². The van der Waals surface area contributed by atoms with Crippen LogP contribution in [0, 0.1) is 0 Å². The second-order valence-electron chi connectivity index (χ2n) is 6.72. The molecule has 1 aromatic carbocycles. The van der Waals surface area contributed by atoms with Gasteiger partial charge in [0.15, 0.2) is 6.61 Å². The number of rotatable bonds is 7. The molecule has 2 aliphatic rings. The van der Waals surface area contributed by atoms with Gasteiger partial charge in [-0.2, -0.15) is 0 Å². The molecule has 2 saturated heterocycles. The molecule has 3 rings (SSSR count). The summed E-state index contributed by atoms with van der Waals surface area (Å²) in [6.45, 7) is 3.68. The molecule has 0 spiro atoms. The Labute approximate surface area is 158 Å². The Hall–Kier alpha value is -2.61. The molecule has 0 unspecified atom stereocenters. The van der Waals surface area contributed by atoms with E-state index in [-0.39, 0.29) is 42.7 Å². The first-order valence-corrected chi connectivity index (χ1v) is 9.22. The Balaban J connectivity index is 1.57. The zero-order valence-corrected chi connectivity index (χ0v) is 15.4. The number of nitrogens with zero attached hydrogens (tertiary/aromatic N) is 2. The molecule has 2 fully saturated rings. The molecule has 0 saturated carbocycles. The number of hydrogen-bond donors (Lipinski definition) is 1. The third kappa shape index (κ3) is 4.21. The van der Waals surface area contributed by atoms with Crippen molar-refractivity contribution >= 4 is 17.8 Å². The van der Waals surface area contributed by atoms with Gasteiger partial charge in [0.2, 0.25) is 0 Å². The maximum absolute atomic E-state index is 12.6. The number of amides is 2. The summed E-state index contributed by atoms with van der Waals surface area (Å²) in [7, 11) is 0. The van der Waals surface area contributed by atoms with Crippen molar-refractivity contribution in [1.82, 2.24) is 9.80 Å². The Morgan fingerprint density at radius 2 is 1.89 bits per heavy atom. The fourth-order valence-corrected chi connectivity index (χ4v) is 3.97. The molecule has 2 atom stereocenters. The van der Waals surface area contributed by atoms with Gasteiger partial charge in [-0.25, -0.2) is 0 Å². The minimum absolute atomic E-state index is 0.0851. The van der Waals surface area contributed by atoms with Gasteiger partial charge in [0.1, 0.15) is 5.75 Å². The minimum atomic E-state index is -0.593. The summed E-state index contributed by atoms with van der Waals surface area (Å²) in [5.41, 5.74) is 5.59. The zero-order valence-electron chi connectivity index (χ0n) is 15.4. The van der Waals surface area contributed by atoms with Gasteiger partial charge in [-0.3, -0.25) is 19.3 Å². The van der Waals surface area contributed by atoms with Gasteiger partial charge in [0.25, 0.3) is 11.8 Å². The lowest BCUT2D eigenvalue weighted by atomic mass is 10.1. The zero-order chi connectivity index (χ0) is 19.4. The topological polar surface area (TPSA) is 102 Å². The van der Waals surface area contributed by atoms with Crippen LogP contribution in [0.4, 0.5) is 0 Å². The van der Waals surface area contributed by atoms with Crippen LogP contribution in [0.5, 0.6) is 5.75 Å². The summed E-state index contributed by atoms with van der Waals surface area (Å²) in [5, 5.41) is 0. The molecule has 0 radical (unpaired) electrons. The predicted octanol–water partition coefficient (Wildman–Crippen LogP) is 0.403. The molecule has 0 bridgehead atoms. The molecule has 2 heterocycles. The van der Waals surface area contributed by atoms with Crippen molar-refractivity contribution in [3.05, 3.63) is 29.8 Å². The molecule has 2 amide bonds. The number of nitrogens with two attached hydrogens (primary N) is 1. The van der Waals surface area contributed by atoms with E-state index in [4.69, 9.17) is 15.2 Å². The fraction of sp³-hybridized carbons (Fsp3) is 0.526. The van der Waals surface area contributed by atoms with Crippen molar-refractivity contribution in [2.24, 2.45) is 5.73 Å². The maximum Gasteiger partial charge on any atom is 0.320 e. The van der Waals surface area contributed by atoms with Crippen LogP contribution in [-0.4, -0.2) is 72.5 Å². The summed E-state index contributed by atoms with van der Waals surface area (Å²) in [5.74, 6) is -0.636. The first-order valence-electron chi connectivity index (χ1n) is 9.22. The van der Waals surface area contributed by atoms with Gasteiger partial charge in [0.05, 0.1) is 18.7 Å². The Morgan fingerprint density at radius 3 is 2.63 bits per heavy atom. The number of benzene rings is 1. The van der Waals surface area contributed by atoms with E-state index in [2.05, 4.69) is 4.90 Å². The van der Waals surface area contributed by atoms with Crippen molar-refractivity contribution in [2.75, 3.05) is 32.8 Å². The van der Waals surface area contributed by atoms with Crippen molar-refractivity contribution < 1.29 is 23.9 Å². The SMILES string of the molecule is CCOC(=O)CN1CC[C@H]2[C@@H]1CCN2C(=O)COc1ccccc1C(N)=O. The molecule has 1 aromatic rings. The summed E-state index contributed by atoms with van der Waals surface area (Å²) in [6, 6.07) is 6.87. The van der Waals surface area contributed by atoms with Crippen molar-refractivity contribution in [2.45, 2.75) is 31.8 Å². The lowest BCUT2D eigenvalue weighted by Crippen LogP contribution is -2.42. The summed E-state index contributed by atoms with van der Waals surface area (Å²) in [6.07, 6.45) is 1.65. The normalized spacial score (nSPS) is 21.7. The maximum atomic E-state index is 12.6. The van der Waals surface area contributed by atoms with Crippen LogP contribution in [0.2, 0.25) is 0 Å². The smallest absolute Gasteiger partial charge is 0.320 e. The Morgan fingerprint density at radius 1 is 1.15 bits per heavy atom. The molecule has 8 heteroatoms. The highest BCUT2D eigenvalue weighted by Crippen LogP contribution is 2.31. The standard InChI is InChI=1S/C19H25N3O5/c1-2-26-18(24)11-21-9-7-15-14(21)8-10-22(15)17(23)12-27-16-6-4-3-5-13(16)19(20)25/h3-6,14-15H,2,7-12H2,1H3,(H2,20,25)/t14-,15-/m0/s1. The lowest BCUT2D eigenvalue weighted by molar-refractivity contribution is -0.144. The summed E-state index contributed by atoms with van der Waals surface area (Å²) >= 11 is 0. The number of esters is 1. The highest BCUT2D eigenvalue weighted by Gasteiger charge is 2.44. The van der Waals surface area contributed by atoms with E-state index in [1.165, 1.54) is 0 Å². The van der Waals surface area contributed by atoms with Crippen LogP contribution in [0.1, 0.15) is 30.1 Å². The number of carbonyl (C=O) groups excluding carboxylic acids is 3. The first kappa shape index (κ1) is 19.2. The monoisotopic (exact) mass is 375 g/mol. The van der Waals surface area contributed by atoms with Crippen LogP contribution in [0.15, 0.2) is 24.3 Å². The van der Waals surface area contributed by atoms with Gasteiger partial charge >= 0.3 is 5.97 Å². The molecule has 146 valence electrons. The summed E-state index contributed by atoms with van der Waals surface area (Å²) in [4.78, 5) is 39.8. The second-order valence-corrected chi connectivity index (χ2v) is 6.72. The van der Waals surface area contributed by atoms with Gasteiger partial charge in [0, 0.05) is 25.2 Å². The molecule has 0 aliphatic carbocycles. The number of fused-ring (bicyclic) bond motifs is 1. The van der Waals surface area contributed by atoms with E-state index in [1.54, 1.807) is 31.2 Å². The van der Waals surface area contributed by atoms with Crippen molar-refractivity contribution in [3.63, 3.8) is 0 Å². The third-order valence-corrected chi connectivity index (χ3v) is 5.15. The first-order chi connectivity index (χ1) is 13.0. The molecule has 0 aromatic heterocycles. The van der Waals surface area contributed by atoms with E-state index >= 15 is 0 Å². The number of carbonyl (C=O) groups is 3. The highest BCUT2D eigenvalue weighted by molar-refractivity contribution is 5.95. The van der Waals surface area contributed by atoms with Crippen LogP contribution in [0.3, 0.4) is 0 Å². The quantitative estimate of drug-likeness (QED) is 0.692.